The molecule has 2 amide bonds. The van der Waals surface area contributed by atoms with Crippen LogP contribution in [0.1, 0.15) is 12.8 Å². The Morgan fingerprint density at radius 1 is 1.16 bits per heavy atom. The van der Waals surface area contributed by atoms with E-state index in [1.165, 1.54) is 0 Å². The lowest BCUT2D eigenvalue weighted by Crippen LogP contribution is -2.38. The Hall–Kier alpha value is -1.91. The van der Waals surface area contributed by atoms with Crippen molar-refractivity contribution in [1.82, 2.24) is 10.2 Å². The lowest BCUT2D eigenvalue weighted by molar-refractivity contribution is -0.135. The molecule has 1 aromatic rings. The van der Waals surface area contributed by atoms with Crippen LogP contribution in [-0.4, -0.2) is 75.2 Å². The molecule has 2 aliphatic heterocycles. The first-order chi connectivity index (χ1) is 15.0. The molecule has 2 heterocycles. The monoisotopic (exact) mass is 471 g/mol. The van der Waals surface area contributed by atoms with Gasteiger partial charge in [-0.2, -0.15) is 5.10 Å². The van der Waals surface area contributed by atoms with Gasteiger partial charge in [-0.1, -0.05) is 23.2 Å². The Bertz CT molecular complexity index is 823. The maximum Gasteiger partial charge on any atom is 0.248 e. The van der Waals surface area contributed by atoms with Crippen molar-refractivity contribution in [3.63, 3.8) is 0 Å². The molecule has 11 heteroatoms. The zero-order chi connectivity index (χ0) is 22.2. The first kappa shape index (κ1) is 23.7. The number of hydrogen-bond acceptors (Lipinski definition) is 7. The topological polar surface area (TPSA) is 109 Å². The van der Waals surface area contributed by atoms with E-state index in [0.29, 0.717) is 74.7 Å². The zero-order valence-corrected chi connectivity index (χ0v) is 18.7. The Kier molecular flexibility index (Phi) is 8.91. The number of amides is 2. The van der Waals surface area contributed by atoms with Crippen molar-refractivity contribution in [2.45, 2.75) is 12.8 Å². The second-order valence-electron chi connectivity index (χ2n) is 7.29. The quantitative estimate of drug-likeness (QED) is 0.527. The summed E-state index contributed by atoms with van der Waals surface area (Å²) in [5.74, 6) is 0.0829. The van der Waals surface area contributed by atoms with Crippen LogP contribution in [0, 0.1) is 5.92 Å². The van der Waals surface area contributed by atoms with Gasteiger partial charge in [-0.3, -0.25) is 14.6 Å². The molecule has 0 aliphatic carbocycles. The molecule has 0 bridgehead atoms. The van der Waals surface area contributed by atoms with Gasteiger partial charge in [-0.05, 0) is 24.6 Å². The largest absolute Gasteiger partial charge is 0.378 e. The minimum Gasteiger partial charge on any atom is -0.378 e. The third-order valence-electron chi connectivity index (χ3n) is 5.04. The number of nitrogens with one attached hydrogen (secondary N) is 1. The van der Waals surface area contributed by atoms with Crippen LogP contribution in [0.15, 0.2) is 23.3 Å². The molecule has 31 heavy (non-hydrogen) atoms. The van der Waals surface area contributed by atoms with Crippen LogP contribution in [0.3, 0.4) is 0 Å². The number of likely N-dealkylation sites (tertiary alicyclic amines) is 1. The summed E-state index contributed by atoms with van der Waals surface area (Å²) in [6.07, 6.45) is 1.22. The summed E-state index contributed by atoms with van der Waals surface area (Å²) >= 11 is 12.0. The van der Waals surface area contributed by atoms with Crippen LogP contribution in [0.25, 0.3) is 0 Å². The van der Waals surface area contributed by atoms with Crippen LogP contribution in [0.5, 0.6) is 0 Å². The second kappa shape index (κ2) is 11.6. The van der Waals surface area contributed by atoms with E-state index < -0.39 is 0 Å². The molecule has 9 nitrogen and oxygen atoms in total. The Labute approximate surface area is 191 Å². The van der Waals surface area contributed by atoms with Crippen LogP contribution in [0.4, 0.5) is 5.69 Å². The summed E-state index contributed by atoms with van der Waals surface area (Å²) in [5.41, 5.74) is 6.14. The van der Waals surface area contributed by atoms with Gasteiger partial charge in [-0.25, -0.2) is 0 Å². The van der Waals surface area contributed by atoms with Crippen molar-refractivity contribution in [2.24, 2.45) is 16.8 Å². The van der Waals surface area contributed by atoms with Gasteiger partial charge >= 0.3 is 0 Å². The molecule has 1 saturated heterocycles. The number of nitrogens with zero attached hydrogens (tertiary/aromatic N) is 3. The number of nitrogens with two attached hydrogens (primary N) is 1. The minimum absolute atomic E-state index is 0.0222. The van der Waals surface area contributed by atoms with E-state index in [2.05, 4.69) is 10.4 Å². The molecule has 1 aromatic carbocycles. The third kappa shape index (κ3) is 6.78. The maximum atomic E-state index is 12.6. The fourth-order valence-electron chi connectivity index (χ4n) is 3.38. The number of amidine groups is 1. The number of hydrogen-bond donors (Lipinski definition) is 2. The highest BCUT2D eigenvalue weighted by Crippen LogP contribution is 2.28. The van der Waals surface area contributed by atoms with E-state index in [0.717, 1.165) is 5.69 Å². The van der Waals surface area contributed by atoms with Gasteiger partial charge in [0.15, 0.2) is 0 Å². The fourth-order valence-corrected chi connectivity index (χ4v) is 3.67. The van der Waals surface area contributed by atoms with E-state index in [4.69, 9.17) is 38.4 Å². The second-order valence-corrected chi connectivity index (χ2v) is 8.10. The zero-order valence-electron chi connectivity index (χ0n) is 17.2. The van der Waals surface area contributed by atoms with Crippen LogP contribution in [-0.2, 0) is 19.1 Å². The van der Waals surface area contributed by atoms with Crippen molar-refractivity contribution in [2.75, 3.05) is 57.6 Å². The molecule has 0 aromatic heterocycles. The summed E-state index contributed by atoms with van der Waals surface area (Å²) in [4.78, 5) is 26.5. The molecular formula is C20H27Cl2N5O4. The molecule has 0 spiro atoms. The van der Waals surface area contributed by atoms with Crippen molar-refractivity contribution in [3.05, 3.63) is 28.2 Å². The number of carbonyl (C=O) groups is 2. The van der Waals surface area contributed by atoms with E-state index >= 15 is 0 Å². The highest BCUT2D eigenvalue weighted by molar-refractivity contribution is 6.42. The predicted molar refractivity (Wildman–Crippen MR) is 119 cm³/mol. The summed E-state index contributed by atoms with van der Waals surface area (Å²) in [6.45, 7) is 3.18. The number of ether oxygens (including phenoxy) is 2. The number of halogens is 2. The molecule has 0 radical (unpaired) electrons. The van der Waals surface area contributed by atoms with Crippen molar-refractivity contribution in [1.29, 1.82) is 0 Å². The molecular weight excluding hydrogens is 445 g/mol. The summed E-state index contributed by atoms with van der Waals surface area (Å²) in [6, 6.07) is 5.28. The standard InChI is InChI=1S/C20H27Cl2N5O4/c21-16-2-1-15(11-17(16)22)27-7-4-18(25-27)24-20(29)14-3-6-26(12-14)19(28)13-31-10-9-30-8-5-23/h1-2,11,14H,3-10,12-13,23H2,(H,24,25,29)/t14-/m1/s1. The lowest BCUT2D eigenvalue weighted by atomic mass is 10.1. The van der Waals surface area contributed by atoms with Gasteiger partial charge in [0.25, 0.3) is 0 Å². The average molecular weight is 472 g/mol. The Morgan fingerprint density at radius 3 is 2.74 bits per heavy atom. The SMILES string of the molecule is NCCOCCOCC(=O)N1CC[C@@H](C(=O)NC2=NN(c3ccc(Cl)c(Cl)c3)CC2)C1. The highest BCUT2D eigenvalue weighted by atomic mass is 35.5. The smallest absolute Gasteiger partial charge is 0.248 e. The normalized spacial score (nSPS) is 18.4. The average Bonchev–Trinajstić information content (AvgIpc) is 3.42. The van der Waals surface area contributed by atoms with Crippen LogP contribution >= 0.6 is 23.2 Å². The molecule has 0 unspecified atom stereocenters. The summed E-state index contributed by atoms with van der Waals surface area (Å²) in [5, 5.41) is 10.1. The first-order valence-corrected chi connectivity index (χ1v) is 11.0. The molecule has 1 fully saturated rings. The maximum absolute atomic E-state index is 12.6. The lowest BCUT2D eigenvalue weighted by Gasteiger charge is -2.16. The van der Waals surface area contributed by atoms with E-state index in [9.17, 15) is 9.59 Å². The van der Waals surface area contributed by atoms with Crippen LogP contribution in [0.2, 0.25) is 10.0 Å². The minimum atomic E-state index is -0.265. The van der Waals surface area contributed by atoms with Crippen molar-refractivity contribution >= 4 is 46.5 Å². The van der Waals surface area contributed by atoms with E-state index in [-0.39, 0.29) is 24.3 Å². The molecule has 0 saturated carbocycles. The van der Waals surface area contributed by atoms with E-state index in [1.807, 2.05) is 6.07 Å². The number of anilines is 1. The summed E-state index contributed by atoms with van der Waals surface area (Å²) < 4.78 is 10.5. The predicted octanol–water partition coefficient (Wildman–Crippen LogP) is 1.47. The van der Waals surface area contributed by atoms with Crippen molar-refractivity contribution in [3.8, 4) is 0 Å². The van der Waals surface area contributed by atoms with Crippen molar-refractivity contribution < 1.29 is 19.1 Å². The van der Waals surface area contributed by atoms with Crippen LogP contribution < -0.4 is 16.1 Å². The summed E-state index contributed by atoms with van der Waals surface area (Å²) in [7, 11) is 0. The van der Waals surface area contributed by atoms with Gasteiger partial charge in [0.1, 0.15) is 12.4 Å². The number of carbonyl (C=O) groups excluding carboxylic acids is 2. The van der Waals surface area contributed by atoms with Gasteiger partial charge in [0, 0.05) is 32.6 Å². The third-order valence-corrected chi connectivity index (χ3v) is 5.78. The van der Waals surface area contributed by atoms with Gasteiger partial charge in [0.2, 0.25) is 11.8 Å². The number of hydrazone groups is 1. The first-order valence-electron chi connectivity index (χ1n) is 10.2. The molecule has 3 N–H and O–H groups in total. The molecule has 170 valence electrons. The Balaban J connectivity index is 1.42. The molecule has 1 atom stereocenters. The van der Waals surface area contributed by atoms with E-state index in [1.54, 1.807) is 22.0 Å². The van der Waals surface area contributed by atoms with Gasteiger partial charge < -0.3 is 25.4 Å². The molecule has 2 aliphatic rings. The number of rotatable bonds is 9. The number of benzene rings is 1. The molecule has 3 rings (SSSR count). The fraction of sp³-hybridized carbons (Fsp3) is 0.550. The van der Waals surface area contributed by atoms with Gasteiger partial charge in [-0.15, -0.1) is 0 Å². The Morgan fingerprint density at radius 2 is 1.97 bits per heavy atom. The highest BCUT2D eigenvalue weighted by Gasteiger charge is 2.32. The van der Waals surface area contributed by atoms with Gasteiger partial charge in [0.05, 0.1) is 41.5 Å².